The topological polar surface area (TPSA) is 34.1 Å². The Morgan fingerprint density at radius 2 is 0.614 bits per heavy atom. The molecule has 337 valence electrons. The molecule has 0 aromatic rings. The standard InChI is InChI=1S/2C18H35O.C18H35.Zr/c2*1-18(2)16-14-12-10-8-6-4-3-5-7-9-11-13-15-17-19;1-3-5-7-9-11-13-15-17-18-16-14-12-10-8-6-4-2;/h2*18H,3-16H2,1-2H3;17-18H,1,3-16H2,2H3;/b;;18-17-;. The summed E-state index contributed by atoms with van der Waals surface area (Å²) in [7, 11) is 0. The molecule has 0 aromatic heterocycles. The monoisotopic (exact) mass is 876 g/mol. The maximum atomic E-state index is 13.5. The third-order valence-electron chi connectivity index (χ3n) is 12.5. The second-order valence-corrected chi connectivity index (χ2v) is 25.7. The Morgan fingerprint density at radius 3 is 0.930 bits per heavy atom. The van der Waals surface area contributed by atoms with Gasteiger partial charge in [0.2, 0.25) is 0 Å². The van der Waals surface area contributed by atoms with Crippen LogP contribution in [-0.4, -0.2) is 6.98 Å². The average Bonchev–Trinajstić information content (AvgIpc) is 3.18. The minimum absolute atomic E-state index is 0.462. The molecule has 0 radical (unpaired) electrons. The van der Waals surface area contributed by atoms with Crippen LogP contribution in [0.1, 0.15) is 304 Å². The summed E-state index contributed by atoms with van der Waals surface area (Å²) in [6, 6.07) is 0. The summed E-state index contributed by atoms with van der Waals surface area (Å²) in [5.41, 5.74) is 0. The van der Waals surface area contributed by atoms with Gasteiger partial charge in [0.1, 0.15) is 0 Å². The third-order valence-corrected chi connectivity index (χ3v) is 19.1. The van der Waals surface area contributed by atoms with E-state index in [1.165, 1.54) is 238 Å². The number of hydrogen-bond donors (Lipinski definition) is 0. The predicted octanol–water partition coefficient (Wildman–Crippen LogP) is 19.3. The molecule has 0 rings (SSSR count). The van der Waals surface area contributed by atoms with E-state index in [4.69, 9.17) is 0 Å². The minimum atomic E-state index is -2.68. The summed E-state index contributed by atoms with van der Waals surface area (Å²) in [5, 5.41) is 0. The molecule has 0 fully saturated rings. The van der Waals surface area contributed by atoms with Gasteiger partial charge >= 0.3 is 254 Å². The molecule has 3 heteroatoms. The molecule has 0 bridgehead atoms. The molecule has 0 spiro atoms. The van der Waals surface area contributed by atoms with Gasteiger partial charge in [-0.05, 0) is 11.8 Å². The van der Waals surface area contributed by atoms with E-state index in [1.807, 2.05) is 0 Å². The smallest absolute Gasteiger partial charge is 0.0628 e. The second kappa shape index (κ2) is 47.0. The zero-order chi connectivity index (χ0) is 41.7. The predicted molar refractivity (Wildman–Crippen MR) is 253 cm³/mol. The molecule has 0 amide bonds. The van der Waals surface area contributed by atoms with Crippen LogP contribution in [0, 0.1) is 11.8 Å². The van der Waals surface area contributed by atoms with E-state index in [1.54, 1.807) is 0 Å². The van der Waals surface area contributed by atoms with Gasteiger partial charge < -0.3 is 0 Å². The number of hydrogen-bond acceptors (Lipinski definition) is 2. The van der Waals surface area contributed by atoms with Crippen molar-refractivity contribution in [2.75, 3.05) is 0 Å². The fraction of sp³-hybridized carbons (Fsp3) is 0.926. The summed E-state index contributed by atoms with van der Waals surface area (Å²) in [4.78, 5) is 27.1. The molecule has 0 heterocycles. The van der Waals surface area contributed by atoms with Crippen LogP contribution in [0.2, 0.25) is 4.13 Å². The van der Waals surface area contributed by atoms with Crippen molar-refractivity contribution in [2.45, 2.75) is 308 Å². The molecule has 0 aliphatic rings. The molecule has 0 unspecified atom stereocenters. The van der Waals surface area contributed by atoms with E-state index in [-0.39, 0.29) is 0 Å². The van der Waals surface area contributed by atoms with Gasteiger partial charge in [-0.3, -0.25) is 0 Å². The fourth-order valence-corrected chi connectivity index (χ4v) is 14.5. The van der Waals surface area contributed by atoms with Gasteiger partial charge in [0.05, 0.1) is 0 Å². The van der Waals surface area contributed by atoms with E-state index >= 15 is 0 Å². The first kappa shape index (κ1) is 57.0. The van der Waals surface area contributed by atoms with Crippen molar-refractivity contribution in [1.29, 1.82) is 0 Å². The Kier molecular flexibility index (Phi) is 47.0. The van der Waals surface area contributed by atoms with E-state index in [0.29, 0.717) is 19.8 Å². The molecule has 0 aliphatic carbocycles. The van der Waals surface area contributed by atoms with Crippen LogP contribution in [0.15, 0.2) is 12.2 Å². The Hall–Kier alpha value is -0.0369. The van der Waals surface area contributed by atoms with Crippen molar-refractivity contribution >= 4 is 6.98 Å². The number of carbonyl (C=O) groups is 2. The second-order valence-electron chi connectivity index (χ2n) is 19.4. The first-order chi connectivity index (χ1) is 27.9. The number of unbranched alkanes of at least 4 members (excludes halogenated alkanes) is 34. The van der Waals surface area contributed by atoms with E-state index < -0.39 is 21.8 Å². The summed E-state index contributed by atoms with van der Waals surface area (Å²) < 4.78 is 1.92. The third kappa shape index (κ3) is 45.3. The van der Waals surface area contributed by atoms with Gasteiger partial charge in [0, 0.05) is 0 Å². The SMILES string of the molecule is CCCCCCCC/C=C\CCCCCCC[CH2][Zr]([C](=O)CCCCCCCCCCCCCCC(C)C)[C](=O)CCCCCCCCCCCCCCC(C)C. The Balaban J connectivity index is 4.26. The first-order valence-electron chi connectivity index (χ1n) is 26.5. The van der Waals surface area contributed by atoms with E-state index in [0.717, 1.165) is 35.2 Å². The van der Waals surface area contributed by atoms with Crippen LogP contribution in [0.3, 0.4) is 0 Å². The van der Waals surface area contributed by atoms with Crippen LogP contribution < -0.4 is 0 Å². The normalized spacial score (nSPS) is 11.8. The van der Waals surface area contributed by atoms with Crippen LogP contribution >= 0.6 is 0 Å². The van der Waals surface area contributed by atoms with Gasteiger partial charge in [-0.25, -0.2) is 0 Å². The van der Waals surface area contributed by atoms with Crippen LogP contribution in [0.5, 0.6) is 0 Å². The zero-order valence-corrected chi connectivity index (χ0v) is 42.5. The van der Waals surface area contributed by atoms with Crippen LogP contribution in [0.25, 0.3) is 0 Å². The van der Waals surface area contributed by atoms with Crippen molar-refractivity contribution < 1.29 is 31.3 Å². The van der Waals surface area contributed by atoms with Gasteiger partial charge in [-0.2, -0.15) is 0 Å². The zero-order valence-electron chi connectivity index (χ0n) is 40.0. The summed E-state index contributed by atoms with van der Waals surface area (Å²) in [6.07, 6.45) is 59.4. The molecule has 0 atom stereocenters. The maximum absolute atomic E-state index is 13.5. The van der Waals surface area contributed by atoms with Gasteiger partial charge in [-0.15, -0.1) is 0 Å². The Morgan fingerprint density at radius 1 is 0.351 bits per heavy atom. The quantitative estimate of drug-likeness (QED) is 0.0451. The molecule has 0 saturated carbocycles. The molecule has 57 heavy (non-hydrogen) atoms. The summed E-state index contributed by atoms with van der Waals surface area (Å²) >= 11 is -2.68. The summed E-state index contributed by atoms with van der Waals surface area (Å²) in [6.45, 7) is 11.6. The van der Waals surface area contributed by atoms with Crippen molar-refractivity contribution in [3.8, 4) is 0 Å². The van der Waals surface area contributed by atoms with Crippen molar-refractivity contribution in [3.05, 3.63) is 12.2 Å². The van der Waals surface area contributed by atoms with Crippen molar-refractivity contribution in [2.24, 2.45) is 11.8 Å². The molecular weight excluding hydrogens is 772 g/mol. The molecule has 0 aliphatic heterocycles. The molecule has 0 saturated heterocycles. The molecule has 0 N–H and O–H groups in total. The number of carbonyl (C=O) groups excluding carboxylic acids is 2. The van der Waals surface area contributed by atoms with E-state index in [9.17, 15) is 9.59 Å². The fourth-order valence-electron chi connectivity index (χ4n) is 8.50. The van der Waals surface area contributed by atoms with Gasteiger partial charge in [-0.1, -0.05) is 105 Å². The molecule has 2 nitrogen and oxygen atoms in total. The number of allylic oxidation sites excluding steroid dienone is 2. The Labute approximate surface area is 368 Å². The van der Waals surface area contributed by atoms with Gasteiger partial charge in [0.25, 0.3) is 0 Å². The van der Waals surface area contributed by atoms with Crippen molar-refractivity contribution in [1.82, 2.24) is 0 Å². The first-order valence-corrected chi connectivity index (χ1v) is 30.6. The van der Waals surface area contributed by atoms with Crippen LogP contribution in [-0.2, 0) is 31.3 Å². The average molecular weight is 878 g/mol. The summed E-state index contributed by atoms with van der Waals surface area (Å²) in [5.74, 6) is 1.71. The molecular formula is C54H105O2Zr. The van der Waals surface area contributed by atoms with Crippen LogP contribution in [0.4, 0.5) is 0 Å². The number of rotatable bonds is 48. The Bertz CT molecular complexity index is 799. The molecule has 0 aromatic carbocycles. The van der Waals surface area contributed by atoms with Crippen molar-refractivity contribution in [3.63, 3.8) is 0 Å². The van der Waals surface area contributed by atoms with E-state index in [2.05, 4.69) is 46.8 Å². The van der Waals surface area contributed by atoms with Gasteiger partial charge in [0.15, 0.2) is 0 Å². The minimum Gasteiger partial charge on any atom is -0.0628 e.